The summed E-state index contributed by atoms with van der Waals surface area (Å²) in [6.45, 7) is 8.14. The summed E-state index contributed by atoms with van der Waals surface area (Å²) in [4.78, 5) is 47.8. The number of carbonyl (C=O) groups is 4. The van der Waals surface area contributed by atoms with Crippen LogP contribution in [0.25, 0.3) is 0 Å². The molecule has 0 bridgehead atoms. The first-order valence-corrected chi connectivity index (χ1v) is 13.2. The minimum absolute atomic E-state index is 0.124. The largest absolute Gasteiger partial charge is 0.491 e. The van der Waals surface area contributed by atoms with Crippen LogP contribution >= 0.6 is 0 Å². The molecule has 0 amide bonds. The standard InChI is InChI=1S/C32H32O10/c1-4-22(3)30(34)39-21-19-37-18-20-38-25-10-6-23(7-11-25)31(35)41-27-12-8-24(9-13-27)32(36)42-28-16-14-26(15-17-28)40-29(33)5-2/h5-17,22H,2,4,18-21H2,1,3H3. The number of ether oxygens (including phenoxy) is 6. The molecule has 1 unspecified atom stereocenters. The van der Waals surface area contributed by atoms with Crippen LogP contribution in [0, 0.1) is 5.92 Å². The van der Waals surface area contributed by atoms with E-state index in [0.717, 1.165) is 12.5 Å². The minimum Gasteiger partial charge on any atom is -0.491 e. The van der Waals surface area contributed by atoms with Gasteiger partial charge in [-0.1, -0.05) is 20.4 Å². The summed E-state index contributed by atoms with van der Waals surface area (Å²) in [7, 11) is 0. The van der Waals surface area contributed by atoms with Crippen LogP contribution in [0.3, 0.4) is 0 Å². The lowest BCUT2D eigenvalue weighted by Gasteiger charge is -2.10. The molecule has 1 atom stereocenters. The molecule has 220 valence electrons. The predicted octanol–water partition coefficient (Wildman–Crippen LogP) is 5.20. The zero-order valence-corrected chi connectivity index (χ0v) is 23.4. The molecule has 0 heterocycles. The Morgan fingerprint density at radius 1 is 0.667 bits per heavy atom. The topological polar surface area (TPSA) is 124 Å². The summed E-state index contributed by atoms with van der Waals surface area (Å²) < 4.78 is 31.8. The van der Waals surface area contributed by atoms with Gasteiger partial charge in [0, 0.05) is 6.08 Å². The van der Waals surface area contributed by atoms with Gasteiger partial charge < -0.3 is 28.4 Å². The first kappa shape index (κ1) is 31.6. The van der Waals surface area contributed by atoms with Gasteiger partial charge in [-0.15, -0.1) is 0 Å². The van der Waals surface area contributed by atoms with Gasteiger partial charge >= 0.3 is 23.9 Å². The molecule has 3 aromatic rings. The highest BCUT2D eigenvalue weighted by atomic mass is 16.6. The second kappa shape index (κ2) is 16.3. The van der Waals surface area contributed by atoms with E-state index in [0.29, 0.717) is 17.9 Å². The molecule has 0 radical (unpaired) electrons. The molecule has 10 heteroatoms. The van der Waals surface area contributed by atoms with E-state index in [1.54, 1.807) is 24.3 Å². The van der Waals surface area contributed by atoms with Crippen molar-refractivity contribution in [2.75, 3.05) is 26.4 Å². The fourth-order valence-corrected chi connectivity index (χ4v) is 3.24. The van der Waals surface area contributed by atoms with Crippen molar-refractivity contribution in [1.29, 1.82) is 0 Å². The van der Waals surface area contributed by atoms with Gasteiger partial charge in [0.25, 0.3) is 0 Å². The molecule has 0 aliphatic rings. The van der Waals surface area contributed by atoms with E-state index >= 15 is 0 Å². The lowest BCUT2D eigenvalue weighted by Crippen LogP contribution is -2.18. The van der Waals surface area contributed by atoms with Gasteiger partial charge in [-0.25, -0.2) is 14.4 Å². The van der Waals surface area contributed by atoms with E-state index in [2.05, 4.69) is 6.58 Å². The molecule has 0 spiro atoms. The van der Waals surface area contributed by atoms with Gasteiger partial charge in [0.1, 0.15) is 36.2 Å². The van der Waals surface area contributed by atoms with Crippen LogP contribution in [0.5, 0.6) is 23.0 Å². The van der Waals surface area contributed by atoms with E-state index in [1.165, 1.54) is 48.5 Å². The van der Waals surface area contributed by atoms with Crippen LogP contribution in [0.2, 0.25) is 0 Å². The summed E-state index contributed by atoms with van der Waals surface area (Å²) in [5.41, 5.74) is 0.557. The summed E-state index contributed by atoms with van der Waals surface area (Å²) in [6, 6.07) is 18.3. The molecule has 3 rings (SSSR count). The van der Waals surface area contributed by atoms with Crippen molar-refractivity contribution in [2.45, 2.75) is 20.3 Å². The van der Waals surface area contributed by atoms with Crippen LogP contribution in [0.15, 0.2) is 85.5 Å². The lowest BCUT2D eigenvalue weighted by molar-refractivity contribution is -0.149. The number of hydrogen-bond donors (Lipinski definition) is 0. The average Bonchev–Trinajstić information content (AvgIpc) is 3.01. The normalized spacial score (nSPS) is 11.1. The van der Waals surface area contributed by atoms with Crippen LogP contribution in [0.1, 0.15) is 41.0 Å². The summed E-state index contributed by atoms with van der Waals surface area (Å²) in [5, 5.41) is 0. The SMILES string of the molecule is C=CC(=O)Oc1ccc(OC(=O)c2ccc(OC(=O)c3ccc(OCCOCCOC(=O)C(C)CC)cc3)cc2)cc1. The van der Waals surface area contributed by atoms with Gasteiger partial charge in [-0.05, 0) is 79.2 Å². The van der Waals surface area contributed by atoms with Crippen LogP contribution in [0.4, 0.5) is 0 Å². The van der Waals surface area contributed by atoms with Crippen LogP contribution in [-0.2, 0) is 19.1 Å². The molecule has 42 heavy (non-hydrogen) atoms. The predicted molar refractivity (Wildman–Crippen MR) is 152 cm³/mol. The quantitative estimate of drug-likeness (QED) is 0.103. The molecule has 0 N–H and O–H groups in total. The number of hydrogen-bond acceptors (Lipinski definition) is 10. The molecule has 0 aliphatic heterocycles. The first-order valence-electron chi connectivity index (χ1n) is 13.2. The van der Waals surface area contributed by atoms with Crippen molar-refractivity contribution in [3.63, 3.8) is 0 Å². The molecule has 3 aromatic carbocycles. The molecular weight excluding hydrogens is 544 g/mol. The Morgan fingerprint density at radius 2 is 1.12 bits per heavy atom. The van der Waals surface area contributed by atoms with Crippen molar-refractivity contribution < 1.29 is 47.6 Å². The Kier molecular flexibility index (Phi) is 12.3. The van der Waals surface area contributed by atoms with Crippen molar-refractivity contribution in [2.24, 2.45) is 5.92 Å². The monoisotopic (exact) mass is 576 g/mol. The average molecular weight is 577 g/mol. The highest BCUT2D eigenvalue weighted by Crippen LogP contribution is 2.21. The molecule has 0 aliphatic carbocycles. The highest BCUT2D eigenvalue weighted by molar-refractivity contribution is 5.92. The van der Waals surface area contributed by atoms with E-state index in [9.17, 15) is 19.2 Å². The van der Waals surface area contributed by atoms with Crippen molar-refractivity contribution in [1.82, 2.24) is 0 Å². The smallest absolute Gasteiger partial charge is 0.343 e. The van der Waals surface area contributed by atoms with E-state index in [-0.39, 0.29) is 54.5 Å². The third-order valence-corrected chi connectivity index (χ3v) is 5.79. The molecule has 0 saturated heterocycles. The Balaban J connectivity index is 1.39. The molecule has 0 fully saturated rings. The number of esters is 4. The fraction of sp³-hybridized carbons (Fsp3) is 0.250. The van der Waals surface area contributed by atoms with Gasteiger partial charge in [-0.2, -0.15) is 0 Å². The maximum absolute atomic E-state index is 12.5. The number of carbonyl (C=O) groups excluding carboxylic acids is 4. The van der Waals surface area contributed by atoms with E-state index in [4.69, 9.17) is 28.4 Å². The third kappa shape index (κ3) is 10.2. The third-order valence-electron chi connectivity index (χ3n) is 5.79. The Hall–Kier alpha value is -4.96. The Bertz CT molecular complexity index is 1350. The van der Waals surface area contributed by atoms with Gasteiger partial charge in [0.2, 0.25) is 0 Å². The maximum Gasteiger partial charge on any atom is 0.343 e. The molecule has 0 aromatic heterocycles. The molecule has 10 nitrogen and oxygen atoms in total. The zero-order valence-electron chi connectivity index (χ0n) is 23.4. The van der Waals surface area contributed by atoms with Crippen molar-refractivity contribution in [3.05, 3.63) is 96.6 Å². The Labute approximate surface area is 243 Å². The molecule has 0 saturated carbocycles. The second-order valence-electron chi connectivity index (χ2n) is 8.86. The number of benzene rings is 3. The lowest BCUT2D eigenvalue weighted by atomic mass is 10.1. The number of rotatable bonds is 15. The van der Waals surface area contributed by atoms with E-state index in [1.807, 2.05) is 13.8 Å². The highest BCUT2D eigenvalue weighted by Gasteiger charge is 2.13. The first-order chi connectivity index (χ1) is 20.3. The summed E-state index contributed by atoms with van der Waals surface area (Å²) in [5.74, 6) is -0.810. The second-order valence-corrected chi connectivity index (χ2v) is 8.86. The minimum atomic E-state index is -0.616. The maximum atomic E-state index is 12.5. The molecular formula is C32H32O10. The Morgan fingerprint density at radius 3 is 1.62 bits per heavy atom. The summed E-state index contributed by atoms with van der Waals surface area (Å²) in [6.07, 6.45) is 1.77. The van der Waals surface area contributed by atoms with Crippen molar-refractivity contribution in [3.8, 4) is 23.0 Å². The van der Waals surface area contributed by atoms with Crippen molar-refractivity contribution >= 4 is 23.9 Å². The van der Waals surface area contributed by atoms with Gasteiger partial charge in [-0.3, -0.25) is 4.79 Å². The van der Waals surface area contributed by atoms with Gasteiger partial charge in [0.05, 0.1) is 30.3 Å². The van der Waals surface area contributed by atoms with Crippen LogP contribution in [-0.4, -0.2) is 50.3 Å². The summed E-state index contributed by atoms with van der Waals surface area (Å²) >= 11 is 0. The van der Waals surface area contributed by atoms with E-state index < -0.39 is 17.9 Å². The van der Waals surface area contributed by atoms with Crippen LogP contribution < -0.4 is 18.9 Å². The van der Waals surface area contributed by atoms with Gasteiger partial charge in [0.15, 0.2) is 0 Å². The zero-order chi connectivity index (χ0) is 30.3. The fourth-order valence-electron chi connectivity index (χ4n) is 3.24.